The van der Waals surface area contributed by atoms with E-state index in [2.05, 4.69) is 9.97 Å². The SMILES string of the molecule is COc1nc(C)nc(C2CCCC2)c1CCN. The minimum atomic E-state index is 0.576. The monoisotopic (exact) mass is 235 g/mol. The van der Waals surface area contributed by atoms with Crippen LogP contribution in [0.2, 0.25) is 0 Å². The van der Waals surface area contributed by atoms with Crippen LogP contribution in [-0.4, -0.2) is 23.6 Å². The molecule has 4 heteroatoms. The van der Waals surface area contributed by atoms with Gasteiger partial charge in [0.25, 0.3) is 0 Å². The van der Waals surface area contributed by atoms with Crippen LogP contribution in [0.1, 0.15) is 48.7 Å². The third kappa shape index (κ3) is 2.57. The first-order valence-electron chi connectivity index (χ1n) is 6.37. The number of rotatable bonds is 4. The molecule has 1 fully saturated rings. The van der Waals surface area contributed by atoms with Crippen LogP contribution in [-0.2, 0) is 6.42 Å². The molecule has 0 spiro atoms. The fourth-order valence-corrected chi connectivity index (χ4v) is 2.68. The van der Waals surface area contributed by atoms with Crippen molar-refractivity contribution < 1.29 is 4.74 Å². The minimum absolute atomic E-state index is 0.576. The summed E-state index contributed by atoms with van der Waals surface area (Å²) in [5.74, 6) is 2.08. The Morgan fingerprint density at radius 3 is 2.59 bits per heavy atom. The Labute approximate surface area is 103 Å². The lowest BCUT2D eigenvalue weighted by Gasteiger charge is -2.16. The molecule has 0 amide bonds. The molecule has 17 heavy (non-hydrogen) atoms. The van der Waals surface area contributed by atoms with E-state index in [1.54, 1.807) is 7.11 Å². The van der Waals surface area contributed by atoms with Gasteiger partial charge in [-0.1, -0.05) is 12.8 Å². The highest BCUT2D eigenvalue weighted by atomic mass is 16.5. The number of methoxy groups -OCH3 is 1. The van der Waals surface area contributed by atoms with Crippen molar-refractivity contribution in [2.24, 2.45) is 5.73 Å². The molecule has 1 aliphatic carbocycles. The van der Waals surface area contributed by atoms with Crippen LogP contribution in [0.3, 0.4) is 0 Å². The lowest BCUT2D eigenvalue weighted by atomic mass is 9.97. The molecule has 1 saturated carbocycles. The highest BCUT2D eigenvalue weighted by Gasteiger charge is 2.24. The average molecular weight is 235 g/mol. The van der Waals surface area contributed by atoms with Crippen molar-refractivity contribution >= 4 is 0 Å². The second kappa shape index (κ2) is 5.45. The van der Waals surface area contributed by atoms with E-state index >= 15 is 0 Å². The molecule has 0 unspecified atom stereocenters. The summed E-state index contributed by atoms with van der Waals surface area (Å²) >= 11 is 0. The molecule has 0 bridgehead atoms. The van der Waals surface area contributed by atoms with Crippen molar-refractivity contribution in [3.05, 3.63) is 17.1 Å². The van der Waals surface area contributed by atoms with E-state index in [1.807, 2.05) is 6.92 Å². The first-order chi connectivity index (χ1) is 8.26. The standard InChI is InChI=1S/C13H21N3O/c1-9-15-12(10-5-3-4-6-10)11(7-8-14)13(16-9)17-2/h10H,3-8,14H2,1-2H3. The molecule has 94 valence electrons. The van der Waals surface area contributed by atoms with Gasteiger partial charge in [0.2, 0.25) is 5.88 Å². The highest BCUT2D eigenvalue weighted by molar-refractivity contribution is 5.34. The van der Waals surface area contributed by atoms with E-state index in [4.69, 9.17) is 10.5 Å². The van der Waals surface area contributed by atoms with E-state index in [9.17, 15) is 0 Å². The van der Waals surface area contributed by atoms with E-state index in [1.165, 1.54) is 31.4 Å². The Morgan fingerprint density at radius 2 is 2.00 bits per heavy atom. The summed E-state index contributed by atoms with van der Waals surface area (Å²) in [6.45, 7) is 2.54. The van der Waals surface area contributed by atoms with Gasteiger partial charge in [0.1, 0.15) is 5.82 Å². The van der Waals surface area contributed by atoms with Crippen LogP contribution >= 0.6 is 0 Å². The van der Waals surface area contributed by atoms with Gasteiger partial charge in [-0.3, -0.25) is 0 Å². The van der Waals surface area contributed by atoms with Crippen LogP contribution < -0.4 is 10.5 Å². The van der Waals surface area contributed by atoms with Crippen molar-refractivity contribution in [2.75, 3.05) is 13.7 Å². The Bertz CT molecular complexity index is 386. The van der Waals surface area contributed by atoms with E-state index < -0.39 is 0 Å². The summed E-state index contributed by atoms with van der Waals surface area (Å²) in [5, 5.41) is 0. The Kier molecular flexibility index (Phi) is 3.94. The zero-order chi connectivity index (χ0) is 12.3. The van der Waals surface area contributed by atoms with Crippen LogP contribution in [0.4, 0.5) is 0 Å². The lowest BCUT2D eigenvalue weighted by molar-refractivity contribution is 0.387. The molecular weight excluding hydrogens is 214 g/mol. The van der Waals surface area contributed by atoms with Crippen molar-refractivity contribution in [2.45, 2.75) is 44.9 Å². The zero-order valence-electron chi connectivity index (χ0n) is 10.7. The van der Waals surface area contributed by atoms with Gasteiger partial charge in [-0.15, -0.1) is 0 Å². The maximum Gasteiger partial charge on any atom is 0.219 e. The van der Waals surface area contributed by atoms with Gasteiger partial charge in [0.05, 0.1) is 12.8 Å². The Balaban J connectivity index is 2.42. The number of nitrogens with two attached hydrogens (primary N) is 1. The van der Waals surface area contributed by atoms with E-state index in [0.717, 1.165) is 17.8 Å². The summed E-state index contributed by atoms with van der Waals surface area (Å²) in [7, 11) is 1.67. The molecule has 0 aromatic carbocycles. The van der Waals surface area contributed by atoms with Crippen molar-refractivity contribution in [3.63, 3.8) is 0 Å². The summed E-state index contributed by atoms with van der Waals surface area (Å²) in [5.41, 5.74) is 7.97. The quantitative estimate of drug-likeness (QED) is 0.866. The molecule has 1 aromatic heterocycles. The number of nitrogens with zero attached hydrogens (tertiary/aromatic N) is 2. The molecule has 2 rings (SSSR count). The molecule has 1 heterocycles. The van der Waals surface area contributed by atoms with Crippen LogP contribution in [0.25, 0.3) is 0 Å². The highest BCUT2D eigenvalue weighted by Crippen LogP contribution is 2.36. The molecule has 1 aliphatic rings. The Hall–Kier alpha value is -1.16. The average Bonchev–Trinajstić information content (AvgIpc) is 2.84. The fraction of sp³-hybridized carbons (Fsp3) is 0.692. The predicted octanol–water partition coefficient (Wildman–Crippen LogP) is 1.95. The van der Waals surface area contributed by atoms with Gasteiger partial charge >= 0.3 is 0 Å². The molecule has 0 atom stereocenters. The van der Waals surface area contributed by atoms with Crippen molar-refractivity contribution in [1.29, 1.82) is 0 Å². The molecular formula is C13H21N3O. The first-order valence-corrected chi connectivity index (χ1v) is 6.37. The minimum Gasteiger partial charge on any atom is -0.481 e. The summed E-state index contributed by atoms with van der Waals surface area (Å²) in [6.07, 6.45) is 5.87. The zero-order valence-corrected chi connectivity index (χ0v) is 10.7. The second-order valence-corrected chi connectivity index (χ2v) is 4.66. The van der Waals surface area contributed by atoms with Gasteiger partial charge in [-0.05, 0) is 32.7 Å². The molecule has 4 nitrogen and oxygen atoms in total. The number of aromatic nitrogens is 2. The number of aryl methyl sites for hydroxylation is 1. The third-order valence-corrected chi connectivity index (χ3v) is 3.44. The van der Waals surface area contributed by atoms with Crippen LogP contribution in [0, 0.1) is 6.92 Å². The molecule has 0 radical (unpaired) electrons. The van der Waals surface area contributed by atoms with E-state index in [-0.39, 0.29) is 0 Å². The largest absolute Gasteiger partial charge is 0.481 e. The fourth-order valence-electron chi connectivity index (χ4n) is 2.68. The number of ether oxygens (including phenoxy) is 1. The third-order valence-electron chi connectivity index (χ3n) is 3.44. The summed E-state index contributed by atoms with van der Waals surface area (Å²) in [6, 6.07) is 0. The van der Waals surface area contributed by atoms with Gasteiger partial charge in [0, 0.05) is 11.5 Å². The molecule has 2 N–H and O–H groups in total. The summed E-state index contributed by atoms with van der Waals surface area (Å²) in [4.78, 5) is 8.99. The first kappa shape index (κ1) is 12.3. The number of hydrogen-bond acceptors (Lipinski definition) is 4. The molecule has 0 aliphatic heterocycles. The summed E-state index contributed by atoms with van der Waals surface area (Å²) < 4.78 is 5.37. The maximum atomic E-state index is 5.68. The van der Waals surface area contributed by atoms with Gasteiger partial charge in [0.15, 0.2) is 0 Å². The van der Waals surface area contributed by atoms with Gasteiger partial charge in [-0.25, -0.2) is 4.98 Å². The normalized spacial score (nSPS) is 16.4. The molecule has 0 saturated heterocycles. The van der Waals surface area contributed by atoms with Crippen LogP contribution in [0.15, 0.2) is 0 Å². The topological polar surface area (TPSA) is 61.0 Å². The second-order valence-electron chi connectivity index (χ2n) is 4.66. The predicted molar refractivity (Wildman–Crippen MR) is 67.3 cm³/mol. The smallest absolute Gasteiger partial charge is 0.219 e. The lowest BCUT2D eigenvalue weighted by Crippen LogP contribution is -2.13. The van der Waals surface area contributed by atoms with Gasteiger partial charge in [-0.2, -0.15) is 4.98 Å². The Morgan fingerprint density at radius 1 is 1.29 bits per heavy atom. The van der Waals surface area contributed by atoms with E-state index in [0.29, 0.717) is 18.3 Å². The van der Waals surface area contributed by atoms with Crippen LogP contribution in [0.5, 0.6) is 5.88 Å². The number of hydrogen-bond donors (Lipinski definition) is 1. The van der Waals surface area contributed by atoms with Crippen molar-refractivity contribution in [3.8, 4) is 5.88 Å². The molecule has 1 aromatic rings. The van der Waals surface area contributed by atoms with Gasteiger partial charge < -0.3 is 10.5 Å². The maximum absolute atomic E-state index is 5.68. The van der Waals surface area contributed by atoms with Crippen molar-refractivity contribution in [1.82, 2.24) is 9.97 Å².